The van der Waals surface area contributed by atoms with Gasteiger partial charge in [0, 0.05) is 18.1 Å². The van der Waals surface area contributed by atoms with Gasteiger partial charge in [-0.05, 0) is 60.5 Å². The van der Waals surface area contributed by atoms with Crippen molar-refractivity contribution in [1.82, 2.24) is 10.2 Å². The topological polar surface area (TPSA) is 58.6 Å². The van der Waals surface area contributed by atoms with E-state index in [4.69, 9.17) is 16.3 Å². The molecule has 0 aromatic heterocycles. The Balaban J connectivity index is 2.15. The molecule has 2 aromatic carbocycles. The number of halogens is 2. The minimum absolute atomic E-state index is 0.185. The first-order chi connectivity index (χ1) is 13.3. The second-order valence-corrected chi connectivity index (χ2v) is 7.73. The largest absolute Gasteiger partial charge is 0.483 e. The molecule has 1 N–H and O–H groups in total. The Bertz CT molecular complexity index is 827. The molecule has 0 saturated carbocycles. The van der Waals surface area contributed by atoms with Crippen LogP contribution in [0.3, 0.4) is 0 Å². The van der Waals surface area contributed by atoms with Gasteiger partial charge in [-0.15, -0.1) is 0 Å². The molecule has 0 aliphatic rings. The van der Waals surface area contributed by atoms with Gasteiger partial charge in [-0.3, -0.25) is 9.59 Å². The van der Waals surface area contributed by atoms with E-state index in [2.05, 4.69) is 21.2 Å². The molecule has 2 aromatic rings. The Morgan fingerprint density at radius 2 is 1.89 bits per heavy atom. The first kappa shape index (κ1) is 22.2. The van der Waals surface area contributed by atoms with Gasteiger partial charge in [0.1, 0.15) is 11.8 Å². The van der Waals surface area contributed by atoms with Crippen LogP contribution >= 0.6 is 27.5 Å². The third-order valence-electron chi connectivity index (χ3n) is 4.24. The maximum atomic E-state index is 12.9. The number of nitrogens with one attached hydrogen (secondary N) is 1. The van der Waals surface area contributed by atoms with Gasteiger partial charge in [0.15, 0.2) is 6.61 Å². The molecule has 2 rings (SSSR count). The van der Waals surface area contributed by atoms with Gasteiger partial charge < -0.3 is 15.0 Å². The summed E-state index contributed by atoms with van der Waals surface area (Å²) < 4.78 is 6.31. The molecule has 0 heterocycles. The summed E-state index contributed by atoms with van der Waals surface area (Å²) in [4.78, 5) is 26.8. The van der Waals surface area contributed by atoms with Crippen molar-refractivity contribution >= 4 is 39.3 Å². The van der Waals surface area contributed by atoms with E-state index in [1.165, 1.54) is 4.90 Å². The number of likely N-dealkylation sites (N-methyl/N-ethyl adjacent to an activating group) is 1. The van der Waals surface area contributed by atoms with E-state index in [1.54, 1.807) is 25.1 Å². The van der Waals surface area contributed by atoms with Crippen molar-refractivity contribution in [2.24, 2.45) is 0 Å². The van der Waals surface area contributed by atoms with Crippen molar-refractivity contribution in [3.63, 3.8) is 0 Å². The smallest absolute Gasteiger partial charge is 0.261 e. The molecule has 1 atom stereocenters. The molecule has 0 saturated heterocycles. The maximum absolute atomic E-state index is 12.9. The first-order valence-corrected chi connectivity index (χ1v) is 10.2. The minimum atomic E-state index is -0.619. The van der Waals surface area contributed by atoms with E-state index in [9.17, 15) is 9.59 Å². The first-order valence-electron chi connectivity index (χ1n) is 9.02. The average molecular weight is 468 g/mol. The molecule has 5 nitrogen and oxygen atoms in total. The number of nitrogens with zero attached hydrogens (tertiary/aromatic N) is 1. The Morgan fingerprint density at radius 1 is 1.21 bits per heavy atom. The SMILES string of the molecule is CCNC(=O)C(C)N(Cc1ccc(C)cc1)C(=O)COc1ccc(Cl)cc1Br. The highest BCUT2D eigenvalue weighted by molar-refractivity contribution is 9.10. The molecule has 150 valence electrons. The molecule has 0 radical (unpaired) electrons. The second kappa shape index (κ2) is 10.5. The lowest BCUT2D eigenvalue weighted by molar-refractivity contribution is -0.142. The molecule has 28 heavy (non-hydrogen) atoms. The van der Waals surface area contributed by atoms with Crippen LogP contribution in [0.5, 0.6) is 5.75 Å². The summed E-state index contributed by atoms with van der Waals surface area (Å²) in [6.07, 6.45) is 0. The fourth-order valence-corrected chi connectivity index (χ4v) is 3.41. The van der Waals surface area contributed by atoms with Crippen LogP contribution in [0.1, 0.15) is 25.0 Å². The number of carbonyl (C=O) groups excluding carboxylic acids is 2. The predicted octanol–water partition coefficient (Wildman–Crippen LogP) is 4.34. The van der Waals surface area contributed by atoms with Crippen LogP contribution in [0.25, 0.3) is 0 Å². The van der Waals surface area contributed by atoms with E-state index in [-0.39, 0.29) is 18.4 Å². The van der Waals surface area contributed by atoms with Gasteiger partial charge in [-0.1, -0.05) is 41.4 Å². The fourth-order valence-electron chi connectivity index (χ4n) is 2.61. The summed E-state index contributed by atoms with van der Waals surface area (Å²) in [7, 11) is 0. The third-order valence-corrected chi connectivity index (χ3v) is 5.09. The van der Waals surface area contributed by atoms with Crippen molar-refractivity contribution in [2.75, 3.05) is 13.2 Å². The molecule has 0 aliphatic carbocycles. The van der Waals surface area contributed by atoms with E-state index >= 15 is 0 Å². The standard InChI is InChI=1S/C21H24BrClN2O3/c1-4-24-21(27)15(3)25(12-16-7-5-14(2)6-8-16)20(26)13-28-19-10-9-17(23)11-18(19)22/h5-11,15H,4,12-13H2,1-3H3,(H,24,27). The van der Waals surface area contributed by atoms with Crippen molar-refractivity contribution in [2.45, 2.75) is 33.4 Å². The summed E-state index contributed by atoms with van der Waals surface area (Å²) in [5.74, 6) is 0.0375. The highest BCUT2D eigenvalue weighted by atomic mass is 79.9. The Hall–Kier alpha value is -2.05. The van der Waals surface area contributed by atoms with Crippen LogP contribution in [-0.4, -0.2) is 35.9 Å². The summed E-state index contributed by atoms with van der Waals surface area (Å²) >= 11 is 9.30. The molecule has 0 fully saturated rings. The quantitative estimate of drug-likeness (QED) is 0.628. The third kappa shape index (κ3) is 6.24. The van der Waals surface area contributed by atoms with Gasteiger partial charge in [0.25, 0.3) is 5.91 Å². The van der Waals surface area contributed by atoms with E-state index in [0.717, 1.165) is 11.1 Å². The van der Waals surface area contributed by atoms with E-state index in [1.807, 2.05) is 38.1 Å². The number of ether oxygens (including phenoxy) is 1. The molecule has 2 amide bonds. The Morgan fingerprint density at radius 3 is 2.50 bits per heavy atom. The molecule has 7 heteroatoms. The number of rotatable bonds is 8. The average Bonchev–Trinajstić information content (AvgIpc) is 2.66. The zero-order chi connectivity index (χ0) is 20.7. The van der Waals surface area contributed by atoms with Crippen LogP contribution in [0, 0.1) is 6.92 Å². The number of hydrogen-bond donors (Lipinski definition) is 1. The molecular weight excluding hydrogens is 444 g/mol. The second-order valence-electron chi connectivity index (χ2n) is 6.44. The highest BCUT2D eigenvalue weighted by Crippen LogP contribution is 2.28. The number of amides is 2. The van der Waals surface area contributed by atoms with Gasteiger partial charge in [0.05, 0.1) is 4.47 Å². The summed E-state index contributed by atoms with van der Waals surface area (Å²) in [6.45, 7) is 6.21. The summed E-state index contributed by atoms with van der Waals surface area (Å²) in [5, 5.41) is 3.33. The van der Waals surface area contributed by atoms with Gasteiger partial charge >= 0.3 is 0 Å². The van der Waals surface area contributed by atoms with Gasteiger partial charge in [0.2, 0.25) is 5.91 Å². The van der Waals surface area contributed by atoms with Crippen molar-refractivity contribution < 1.29 is 14.3 Å². The van der Waals surface area contributed by atoms with Gasteiger partial charge in [-0.2, -0.15) is 0 Å². The molecule has 1 unspecified atom stereocenters. The van der Waals surface area contributed by atoms with Crippen LogP contribution < -0.4 is 10.1 Å². The normalized spacial score (nSPS) is 11.6. The molecular formula is C21H24BrClN2O3. The van der Waals surface area contributed by atoms with E-state index in [0.29, 0.717) is 28.3 Å². The lowest BCUT2D eigenvalue weighted by Gasteiger charge is -2.28. The maximum Gasteiger partial charge on any atom is 0.261 e. The van der Waals surface area contributed by atoms with Crippen LogP contribution in [-0.2, 0) is 16.1 Å². The molecule has 0 aliphatic heterocycles. The lowest BCUT2D eigenvalue weighted by Crippen LogP contribution is -2.49. The predicted molar refractivity (Wildman–Crippen MR) is 115 cm³/mol. The van der Waals surface area contributed by atoms with E-state index < -0.39 is 6.04 Å². The lowest BCUT2D eigenvalue weighted by atomic mass is 10.1. The number of carbonyl (C=O) groups is 2. The van der Waals surface area contributed by atoms with Gasteiger partial charge in [-0.25, -0.2) is 0 Å². The zero-order valence-corrected chi connectivity index (χ0v) is 18.5. The van der Waals surface area contributed by atoms with Crippen molar-refractivity contribution in [3.8, 4) is 5.75 Å². The number of hydrogen-bond acceptors (Lipinski definition) is 3. The number of aryl methyl sites for hydroxylation is 1. The van der Waals surface area contributed by atoms with Crippen LogP contribution in [0.15, 0.2) is 46.9 Å². The minimum Gasteiger partial charge on any atom is -0.483 e. The fraction of sp³-hybridized carbons (Fsp3) is 0.333. The summed E-state index contributed by atoms with van der Waals surface area (Å²) in [6, 6.07) is 12.3. The number of benzene rings is 2. The summed E-state index contributed by atoms with van der Waals surface area (Å²) in [5.41, 5.74) is 2.08. The van der Waals surface area contributed by atoms with Crippen LogP contribution in [0.2, 0.25) is 5.02 Å². The molecule has 0 bridgehead atoms. The van der Waals surface area contributed by atoms with Crippen molar-refractivity contribution in [3.05, 3.63) is 63.1 Å². The highest BCUT2D eigenvalue weighted by Gasteiger charge is 2.26. The van der Waals surface area contributed by atoms with Crippen LogP contribution in [0.4, 0.5) is 0 Å². The Labute approximate surface area is 179 Å². The zero-order valence-electron chi connectivity index (χ0n) is 16.2. The molecule has 0 spiro atoms. The monoisotopic (exact) mass is 466 g/mol. The van der Waals surface area contributed by atoms with Crippen molar-refractivity contribution in [1.29, 1.82) is 0 Å². The Kier molecular flexibility index (Phi) is 8.33.